The number of hydrogen-bond acceptors (Lipinski definition) is 2. The number of furan rings is 1. The van der Waals surface area contributed by atoms with Gasteiger partial charge in [0.1, 0.15) is 11.3 Å². The maximum absolute atomic E-state index is 6.00. The molecular weight excluding hydrogens is 246 g/mol. The van der Waals surface area contributed by atoms with Gasteiger partial charge in [-0.25, -0.2) is 0 Å². The first-order chi connectivity index (χ1) is 9.90. The van der Waals surface area contributed by atoms with Crippen LogP contribution in [0.4, 0.5) is 0 Å². The van der Waals surface area contributed by atoms with Crippen molar-refractivity contribution in [3.05, 3.63) is 67.2 Å². The predicted octanol–water partition coefficient (Wildman–Crippen LogP) is 3.65. The number of hydrogen-bond donors (Lipinski definition) is 0. The molecule has 0 unspecified atom stereocenters. The highest BCUT2D eigenvalue weighted by molar-refractivity contribution is 5.79. The maximum Gasteiger partial charge on any atom is 0.134 e. The summed E-state index contributed by atoms with van der Waals surface area (Å²) in [6.45, 7) is 3.49. The van der Waals surface area contributed by atoms with Crippen molar-refractivity contribution in [1.29, 1.82) is 0 Å². The minimum Gasteiger partial charge on any atom is -0.460 e. The quantitative estimate of drug-likeness (QED) is 0.841. The van der Waals surface area contributed by atoms with Crippen molar-refractivity contribution in [2.75, 3.05) is 19.6 Å². The molecule has 1 aliphatic carbocycles. The first-order valence-corrected chi connectivity index (χ1v) is 7.36. The van der Waals surface area contributed by atoms with Gasteiger partial charge in [-0.2, -0.15) is 0 Å². The highest BCUT2D eigenvalue weighted by Gasteiger charge is 2.34. The summed E-state index contributed by atoms with van der Waals surface area (Å²) < 4.78 is 6.00. The van der Waals surface area contributed by atoms with Gasteiger partial charge in [0.15, 0.2) is 0 Å². The molecule has 2 aliphatic rings. The van der Waals surface area contributed by atoms with Crippen LogP contribution in [0.15, 0.2) is 34.7 Å². The van der Waals surface area contributed by atoms with Gasteiger partial charge in [-0.1, -0.05) is 18.2 Å². The van der Waals surface area contributed by atoms with Gasteiger partial charge in [0.2, 0.25) is 0 Å². The summed E-state index contributed by atoms with van der Waals surface area (Å²) in [7, 11) is 0. The normalized spacial score (nSPS) is 22.2. The Hall–Kier alpha value is -1.28. The van der Waals surface area contributed by atoms with E-state index in [1.807, 2.05) is 12.1 Å². The standard InChI is InChI=1S/C18H18NO/c1-2-9-17-14(6-1)12-18(20-17)16-8-5-7-15(16)13-19-10-3-4-11-19/h1-2,5-9,12H,3-4,10-11,13H2. The van der Waals surface area contributed by atoms with E-state index in [0.717, 1.165) is 17.9 Å². The van der Waals surface area contributed by atoms with Gasteiger partial charge in [-0.15, -0.1) is 0 Å². The number of likely N-dealkylation sites (tertiary alicyclic amines) is 1. The van der Waals surface area contributed by atoms with Crippen molar-refractivity contribution in [3.63, 3.8) is 0 Å². The summed E-state index contributed by atoms with van der Waals surface area (Å²) in [4.78, 5) is 2.53. The zero-order valence-corrected chi connectivity index (χ0v) is 11.5. The predicted molar refractivity (Wildman–Crippen MR) is 80.4 cm³/mol. The first-order valence-electron chi connectivity index (χ1n) is 7.36. The molecule has 4 rings (SSSR count). The second-order valence-electron chi connectivity index (χ2n) is 5.60. The SMILES string of the molecule is [CH]1[CH][C](CN2CCCC2)[C](c2cc3ccccc3o2)[CH]1. The number of para-hydroxylation sites is 1. The van der Waals surface area contributed by atoms with Crippen LogP contribution < -0.4 is 0 Å². The molecule has 1 aliphatic heterocycles. The molecule has 2 nitrogen and oxygen atoms in total. The summed E-state index contributed by atoms with van der Waals surface area (Å²) in [5, 5.41) is 1.18. The first kappa shape index (κ1) is 12.5. The summed E-state index contributed by atoms with van der Waals surface area (Å²) in [5.41, 5.74) is 0.968. The molecular formula is C18H18NO. The molecule has 1 saturated heterocycles. The maximum atomic E-state index is 6.00. The fourth-order valence-electron chi connectivity index (χ4n) is 3.13. The van der Waals surface area contributed by atoms with Crippen LogP contribution >= 0.6 is 0 Å². The second kappa shape index (κ2) is 5.25. The van der Waals surface area contributed by atoms with E-state index < -0.39 is 0 Å². The molecule has 0 amide bonds. The van der Waals surface area contributed by atoms with Crippen LogP contribution in [0, 0.1) is 31.1 Å². The number of fused-ring (bicyclic) bond motifs is 1. The van der Waals surface area contributed by atoms with Gasteiger partial charge in [0, 0.05) is 17.8 Å². The molecule has 2 heteroatoms. The van der Waals surface area contributed by atoms with E-state index in [1.165, 1.54) is 43.2 Å². The highest BCUT2D eigenvalue weighted by atomic mass is 16.3. The second-order valence-corrected chi connectivity index (χ2v) is 5.60. The molecule has 1 saturated carbocycles. The number of nitrogens with zero attached hydrogens (tertiary/aromatic N) is 1. The van der Waals surface area contributed by atoms with Crippen LogP contribution in [0.3, 0.4) is 0 Å². The lowest BCUT2D eigenvalue weighted by Gasteiger charge is -2.22. The summed E-state index contributed by atoms with van der Waals surface area (Å²) in [6.07, 6.45) is 9.19. The van der Waals surface area contributed by atoms with Gasteiger partial charge in [-0.05, 0) is 57.3 Å². The molecule has 20 heavy (non-hydrogen) atoms. The Morgan fingerprint density at radius 1 is 1.05 bits per heavy atom. The van der Waals surface area contributed by atoms with Crippen LogP contribution in [0.5, 0.6) is 0 Å². The number of rotatable bonds is 3. The average Bonchev–Trinajstić information content (AvgIpc) is 3.18. The summed E-state index contributed by atoms with van der Waals surface area (Å²) in [6, 6.07) is 10.4. The van der Waals surface area contributed by atoms with Crippen LogP contribution in [0.25, 0.3) is 11.0 Å². The molecule has 0 N–H and O–H groups in total. The van der Waals surface area contributed by atoms with Crippen molar-refractivity contribution >= 4 is 11.0 Å². The zero-order valence-electron chi connectivity index (χ0n) is 11.5. The zero-order chi connectivity index (χ0) is 13.4. The van der Waals surface area contributed by atoms with Crippen LogP contribution in [0.1, 0.15) is 18.6 Å². The van der Waals surface area contributed by atoms with E-state index in [1.54, 1.807) is 0 Å². The fourth-order valence-corrected chi connectivity index (χ4v) is 3.13. The lowest BCUT2D eigenvalue weighted by atomic mass is 9.93. The topological polar surface area (TPSA) is 16.4 Å². The molecule has 2 aromatic rings. The summed E-state index contributed by atoms with van der Waals surface area (Å²) in [5.74, 6) is 3.62. The highest BCUT2D eigenvalue weighted by Crippen LogP contribution is 2.41. The van der Waals surface area contributed by atoms with E-state index in [9.17, 15) is 0 Å². The van der Waals surface area contributed by atoms with Crippen molar-refractivity contribution in [2.45, 2.75) is 12.8 Å². The molecule has 0 atom stereocenters. The van der Waals surface area contributed by atoms with Gasteiger partial charge in [0.05, 0.1) is 5.92 Å². The Bertz CT molecular complexity index is 549. The van der Waals surface area contributed by atoms with E-state index >= 15 is 0 Å². The van der Waals surface area contributed by atoms with E-state index in [-0.39, 0.29) is 0 Å². The lowest BCUT2D eigenvalue weighted by Crippen LogP contribution is -2.27. The van der Waals surface area contributed by atoms with Crippen LogP contribution in [-0.2, 0) is 0 Å². The molecule has 0 spiro atoms. The van der Waals surface area contributed by atoms with Crippen molar-refractivity contribution in [3.8, 4) is 0 Å². The van der Waals surface area contributed by atoms with E-state index in [4.69, 9.17) is 4.42 Å². The molecule has 101 valence electrons. The average molecular weight is 264 g/mol. The Morgan fingerprint density at radius 3 is 2.75 bits per heavy atom. The Balaban J connectivity index is 1.56. The smallest absolute Gasteiger partial charge is 0.134 e. The minimum absolute atomic E-state index is 0.968. The van der Waals surface area contributed by atoms with E-state index in [0.29, 0.717) is 0 Å². The van der Waals surface area contributed by atoms with Crippen LogP contribution in [-0.4, -0.2) is 24.5 Å². The van der Waals surface area contributed by atoms with Gasteiger partial charge < -0.3 is 9.32 Å². The molecule has 1 aromatic heterocycles. The lowest BCUT2D eigenvalue weighted by molar-refractivity contribution is 0.354. The molecule has 2 heterocycles. The largest absolute Gasteiger partial charge is 0.460 e. The molecule has 2 fully saturated rings. The summed E-state index contributed by atoms with van der Waals surface area (Å²) >= 11 is 0. The van der Waals surface area contributed by atoms with Crippen molar-refractivity contribution < 1.29 is 4.42 Å². The Labute approximate surface area is 120 Å². The molecule has 0 bridgehead atoms. The van der Waals surface area contributed by atoms with Gasteiger partial charge in [-0.3, -0.25) is 0 Å². The van der Waals surface area contributed by atoms with Crippen molar-refractivity contribution in [1.82, 2.24) is 4.90 Å². The van der Waals surface area contributed by atoms with E-state index in [2.05, 4.69) is 42.4 Å². The Morgan fingerprint density at radius 2 is 1.90 bits per heavy atom. The number of benzene rings is 1. The third kappa shape index (κ3) is 2.26. The van der Waals surface area contributed by atoms with Gasteiger partial charge in [0.25, 0.3) is 0 Å². The minimum atomic E-state index is 0.968. The van der Waals surface area contributed by atoms with Crippen molar-refractivity contribution in [2.24, 2.45) is 0 Å². The third-order valence-corrected chi connectivity index (χ3v) is 4.19. The molecule has 1 aromatic carbocycles. The van der Waals surface area contributed by atoms with Gasteiger partial charge >= 0.3 is 0 Å². The third-order valence-electron chi connectivity index (χ3n) is 4.19. The molecule has 5 radical (unpaired) electrons. The monoisotopic (exact) mass is 264 g/mol. The Kier molecular flexibility index (Phi) is 3.27. The van der Waals surface area contributed by atoms with Crippen LogP contribution in [0.2, 0.25) is 0 Å². The fraction of sp³-hybridized carbons (Fsp3) is 0.278.